The van der Waals surface area contributed by atoms with Gasteiger partial charge < -0.3 is 14.5 Å². The van der Waals surface area contributed by atoms with Gasteiger partial charge in [-0.05, 0) is 73.9 Å². The third-order valence-corrected chi connectivity index (χ3v) is 4.94. The van der Waals surface area contributed by atoms with Crippen LogP contribution < -0.4 is 0 Å². The topological polar surface area (TPSA) is 24.0 Å². The van der Waals surface area contributed by atoms with E-state index >= 15 is 0 Å². The fraction of sp³-hybridized carbons (Fsp3) is 0.462. The molecule has 0 radical (unpaired) electrons. The number of H-pyrrole nitrogens is 1. The fourth-order valence-electron chi connectivity index (χ4n) is 2.74. The molecule has 1 saturated heterocycles. The molecule has 0 unspecified atom stereocenters. The van der Waals surface area contributed by atoms with E-state index in [4.69, 9.17) is 12.2 Å². The molecule has 2 heterocycles. The van der Waals surface area contributed by atoms with Gasteiger partial charge in [0.1, 0.15) is 5.82 Å². The van der Waals surface area contributed by atoms with Crippen molar-refractivity contribution < 1.29 is 4.39 Å². The van der Waals surface area contributed by atoms with Gasteiger partial charge in [-0.1, -0.05) is 0 Å². The Morgan fingerprint density at radius 3 is 2.74 bits per heavy atom. The van der Waals surface area contributed by atoms with Gasteiger partial charge in [-0.15, -0.1) is 0 Å². The summed E-state index contributed by atoms with van der Waals surface area (Å²) in [6.45, 7) is 2.12. The molecule has 1 aromatic heterocycles. The van der Waals surface area contributed by atoms with Gasteiger partial charge in [-0.25, -0.2) is 4.39 Å². The first kappa shape index (κ1) is 13.5. The van der Waals surface area contributed by atoms with Crippen LogP contribution in [-0.2, 0) is 0 Å². The summed E-state index contributed by atoms with van der Waals surface area (Å²) in [4.78, 5) is 5.51. The summed E-state index contributed by atoms with van der Waals surface area (Å²) in [5.41, 5.74) is 1.81. The maximum Gasteiger partial charge on any atom is 0.178 e. The second-order valence-electron chi connectivity index (χ2n) is 5.12. The fourth-order valence-corrected chi connectivity index (χ4v) is 3.56. The molecule has 19 heavy (non-hydrogen) atoms. The van der Waals surface area contributed by atoms with Crippen LogP contribution >= 0.6 is 34.8 Å². The number of hydrogen-bond donors (Lipinski definition) is 1. The highest BCUT2D eigenvalue weighted by molar-refractivity contribution is 14.1. The lowest BCUT2D eigenvalue weighted by Crippen LogP contribution is -2.31. The first-order valence-electron chi connectivity index (χ1n) is 6.34. The summed E-state index contributed by atoms with van der Waals surface area (Å²) in [6.07, 6.45) is 2.12. The maximum atomic E-state index is 13.8. The van der Waals surface area contributed by atoms with Gasteiger partial charge in [-0.3, -0.25) is 0 Å². The summed E-state index contributed by atoms with van der Waals surface area (Å²) in [7, 11) is 2.13. The van der Waals surface area contributed by atoms with E-state index in [1.165, 1.54) is 0 Å². The number of rotatable bonds is 1. The largest absolute Gasteiger partial charge is 0.331 e. The Labute approximate surface area is 129 Å². The molecule has 1 aliphatic rings. The van der Waals surface area contributed by atoms with E-state index < -0.39 is 0 Å². The van der Waals surface area contributed by atoms with E-state index in [1.54, 1.807) is 6.07 Å². The number of fused-ring (bicyclic) bond motifs is 1. The average Bonchev–Trinajstić information content (AvgIpc) is 2.67. The molecule has 0 saturated carbocycles. The van der Waals surface area contributed by atoms with Gasteiger partial charge in [-0.2, -0.15) is 0 Å². The van der Waals surface area contributed by atoms with Gasteiger partial charge in [0.25, 0.3) is 0 Å². The highest BCUT2D eigenvalue weighted by Gasteiger charge is 2.21. The smallest absolute Gasteiger partial charge is 0.178 e. The monoisotopic (exact) mass is 391 g/mol. The third kappa shape index (κ3) is 2.45. The van der Waals surface area contributed by atoms with E-state index in [0.717, 1.165) is 37.0 Å². The van der Waals surface area contributed by atoms with Crippen LogP contribution in [0.1, 0.15) is 18.9 Å². The van der Waals surface area contributed by atoms with Crippen molar-refractivity contribution >= 4 is 45.8 Å². The molecule has 1 fully saturated rings. The number of aromatic amines is 1. The van der Waals surface area contributed by atoms with E-state index in [-0.39, 0.29) is 5.82 Å². The lowest BCUT2D eigenvalue weighted by atomic mass is 10.1. The normalized spacial score (nSPS) is 18.3. The Morgan fingerprint density at radius 2 is 2.05 bits per heavy atom. The molecular weight excluding hydrogens is 376 g/mol. The zero-order valence-corrected chi connectivity index (χ0v) is 13.6. The highest BCUT2D eigenvalue weighted by Crippen LogP contribution is 2.28. The first-order valence-corrected chi connectivity index (χ1v) is 7.83. The zero-order valence-electron chi connectivity index (χ0n) is 10.6. The van der Waals surface area contributed by atoms with E-state index in [1.807, 2.05) is 28.7 Å². The number of hydrogen-bond acceptors (Lipinski definition) is 2. The molecule has 3 rings (SSSR count). The lowest BCUT2D eigenvalue weighted by Gasteiger charge is -2.30. The predicted octanol–water partition coefficient (Wildman–Crippen LogP) is 3.71. The summed E-state index contributed by atoms with van der Waals surface area (Å²) in [5.74, 6) is -0.177. The molecule has 1 aliphatic heterocycles. The number of nitrogens with zero attached hydrogens (tertiary/aromatic N) is 2. The Morgan fingerprint density at radius 1 is 1.37 bits per heavy atom. The molecule has 102 valence electrons. The van der Waals surface area contributed by atoms with Gasteiger partial charge in [0.15, 0.2) is 4.77 Å². The summed E-state index contributed by atoms with van der Waals surface area (Å²) >= 11 is 7.42. The maximum absolute atomic E-state index is 13.8. The summed E-state index contributed by atoms with van der Waals surface area (Å²) < 4.78 is 17.2. The van der Waals surface area contributed by atoms with E-state index in [9.17, 15) is 4.39 Å². The number of imidazole rings is 1. The predicted molar refractivity (Wildman–Crippen MR) is 85.6 cm³/mol. The summed E-state index contributed by atoms with van der Waals surface area (Å²) in [6, 6.07) is 3.80. The van der Waals surface area contributed by atoms with Crippen molar-refractivity contribution in [3.63, 3.8) is 0 Å². The van der Waals surface area contributed by atoms with Crippen molar-refractivity contribution in [1.29, 1.82) is 0 Å². The molecule has 0 atom stereocenters. The third-order valence-electron chi connectivity index (χ3n) is 3.81. The highest BCUT2D eigenvalue weighted by atomic mass is 127. The molecule has 6 heteroatoms. The number of halogens is 2. The molecule has 1 N–H and O–H groups in total. The lowest BCUT2D eigenvalue weighted by molar-refractivity contribution is 0.223. The second kappa shape index (κ2) is 5.14. The van der Waals surface area contributed by atoms with Crippen molar-refractivity contribution in [2.24, 2.45) is 0 Å². The number of benzene rings is 1. The molecule has 0 aliphatic carbocycles. The average molecular weight is 391 g/mol. The molecule has 3 nitrogen and oxygen atoms in total. The van der Waals surface area contributed by atoms with Crippen LogP contribution in [0, 0.1) is 14.2 Å². The van der Waals surface area contributed by atoms with E-state index in [0.29, 0.717) is 14.4 Å². The SMILES string of the molecule is CN1CCC(n2c(=S)[nH]c3cc(I)c(F)cc32)CC1. The van der Waals surface area contributed by atoms with Gasteiger partial charge >= 0.3 is 0 Å². The standard InChI is InChI=1S/C13H15FIN3S/c1-17-4-2-8(3-5-17)18-12-6-9(14)10(15)7-11(12)16-13(18)19/h6-8H,2-5H2,1H3,(H,16,19). The molecule has 1 aromatic carbocycles. The zero-order chi connectivity index (χ0) is 13.6. The minimum atomic E-state index is -0.177. The molecule has 0 bridgehead atoms. The molecule has 0 spiro atoms. The molecule has 0 amide bonds. The van der Waals surface area contributed by atoms with Crippen LogP contribution in [0.4, 0.5) is 4.39 Å². The molecule has 2 aromatic rings. The Kier molecular flexibility index (Phi) is 3.65. The Bertz CT molecular complexity index is 670. The van der Waals surface area contributed by atoms with Gasteiger partial charge in [0.2, 0.25) is 0 Å². The van der Waals surface area contributed by atoms with Crippen molar-refractivity contribution in [3.8, 4) is 0 Å². The van der Waals surface area contributed by atoms with Crippen molar-refractivity contribution in [3.05, 3.63) is 26.3 Å². The van der Waals surface area contributed by atoms with Gasteiger partial charge in [0.05, 0.1) is 14.6 Å². The van der Waals surface area contributed by atoms with Crippen LogP contribution in [0.5, 0.6) is 0 Å². The minimum Gasteiger partial charge on any atom is -0.331 e. The molecular formula is C13H15FIN3S. The first-order chi connectivity index (χ1) is 9.06. The number of likely N-dealkylation sites (tertiary alicyclic amines) is 1. The van der Waals surface area contributed by atoms with Crippen molar-refractivity contribution in [1.82, 2.24) is 14.5 Å². The minimum absolute atomic E-state index is 0.177. The quantitative estimate of drug-likeness (QED) is 0.592. The van der Waals surface area contributed by atoms with Crippen LogP contribution in [0.15, 0.2) is 12.1 Å². The van der Waals surface area contributed by atoms with Crippen LogP contribution in [0.25, 0.3) is 11.0 Å². The number of piperidine rings is 1. The van der Waals surface area contributed by atoms with Crippen molar-refractivity contribution in [2.75, 3.05) is 20.1 Å². The van der Waals surface area contributed by atoms with E-state index in [2.05, 4.69) is 21.5 Å². The number of nitrogens with one attached hydrogen (secondary N) is 1. The Balaban J connectivity index is 2.10. The Hall–Kier alpha value is -0.470. The van der Waals surface area contributed by atoms with Crippen LogP contribution in [0.2, 0.25) is 0 Å². The van der Waals surface area contributed by atoms with Crippen molar-refractivity contribution in [2.45, 2.75) is 18.9 Å². The van der Waals surface area contributed by atoms with Crippen LogP contribution in [0.3, 0.4) is 0 Å². The van der Waals surface area contributed by atoms with Gasteiger partial charge in [0, 0.05) is 12.1 Å². The van der Waals surface area contributed by atoms with Crippen LogP contribution in [-0.4, -0.2) is 34.6 Å². The summed E-state index contributed by atoms with van der Waals surface area (Å²) in [5, 5.41) is 0. The second-order valence-corrected chi connectivity index (χ2v) is 6.67. The number of aromatic nitrogens is 2.